The van der Waals surface area contributed by atoms with Gasteiger partial charge in [0, 0.05) is 29.4 Å². The molecule has 7 nitrogen and oxygen atoms in total. The number of rotatable bonds is 10. The molecule has 0 radical (unpaired) electrons. The third-order valence-corrected chi connectivity index (χ3v) is 6.21. The number of hydrogen-bond donors (Lipinski definition) is 3. The summed E-state index contributed by atoms with van der Waals surface area (Å²) in [6.45, 7) is 6.21. The summed E-state index contributed by atoms with van der Waals surface area (Å²) in [4.78, 5) is 24.7. The van der Waals surface area contributed by atoms with Gasteiger partial charge in [-0.2, -0.15) is 0 Å². The van der Waals surface area contributed by atoms with Gasteiger partial charge in [-0.05, 0) is 67.8 Å². The van der Waals surface area contributed by atoms with Gasteiger partial charge in [-0.1, -0.05) is 20.8 Å². The van der Waals surface area contributed by atoms with Gasteiger partial charge in [0.05, 0.1) is 4.90 Å². The van der Waals surface area contributed by atoms with E-state index >= 15 is 0 Å². The highest BCUT2D eigenvalue weighted by molar-refractivity contribution is 7.89. The van der Waals surface area contributed by atoms with Gasteiger partial charge in [0.25, 0.3) is 5.91 Å². The Labute approximate surface area is 178 Å². The Hall–Kier alpha value is -2.71. The van der Waals surface area contributed by atoms with Crippen molar-refractivity contribution in [3.8, 4) is 0 Å². The van der Waals surface area contributed by atoms with Gasteiger partial charge in [0.2, 0.25) is 15.9 Å². The minimum absolute atomic E-state index is 0.0272. The molecule has 162 valence electrons. The number of anilines is 2. The van der Waals surface area contributed by atoms with Crippen molar-refractivity contribution in [2.75, 3.05) is 17.2 Å². The summed E-state index contributed by atoms with van der Waals surface area (Å²) in [6, 6.07) is 12.6. The lowest BCUT2D eigenvalue weighted by atomic mass is 10.0. The molecule has 0 heterocycles. The van der Waals surface area contributed by atoms with E-state index in [-0.39, 0.29) is 22.6 Å². The molecule has 2 amide bonds. The van der Waals surface area contributed by atoms with Crippen molar-refractivity contribution in [1.82, 2.24) is 4.72 Å². The van der Waals surface area contributed by atoms with Crippen LogP contribution >= 0.6 is 0 Å². The zero-order valence-corrected chi connectivity index (χ0v) is 18.4. The fourth-order valence-corrected chi connectivity index (χ4v) is 3.98. The molecule has 0 aliphatic rings. The minimum Gasteiger partial charge on any atom is -0.326 e. The van der Waals surface area contributed by atoms with E-state index in [0.717, 1.165) is 12.8 Å². The van der Waals surface area contributed by atoms with Crippen LogP contribution in [0.1, 0.15) is 50.4 Å². The lowest BCUT2D eigenvalue weighted by Crippen LogP contribution is -2.24. The first-order chi connectivity index (χ1) is 14.3. The van der Waals surface area contributed by atoms with Crippen molar-refractivity contribution >= 4 is 33.2 Å². The molecule has 8 heteroatoms. The molecule has 0 aliphatic carbocycles. The first-order valence-electron chi connectivity index (χ1n) is 10.1. The van der Waals surface area contributed by atoms with Crippen LogP contribution in [-0.4, -0.2) is 26.8 Å². The largest absolute Gasteiger partial charge is 0.326 e. The van der Waals surface area contributed by atoms with Crippen LogP contribution in [0.4, 0.5) is 11.4 Å². The zero-order chi connectivity index (χ0) is 22.1. The summed E-state index contributed by atoms with van der Waals surface area (Å²) >= 11 is 0. The van der Waals surface area contributed by atoms with Gasteiger partial charge in [-0.3, -0.25) is 9.59 Å². The van der Waals surface area contributed by atoms with E-state index in [1.807, 2.05) is 20.8 Å². The van der Waals surface area contributed by atoms with E-state index < -0.39 is 10.0 Å². The monoisotopic (exact) mass is 431 g/mol. The number of carbonyl (C=O) groups is 2. The Balaban J connectivity index is 2.00. The second-order valence-electron chi connectivity index (χ2n) is 6.96. The number of carbonyl (C=O) groups excluding carboxylic acids is 2. The fraction of sp³-hybridized carbons (Fsp3) is 0.364. The van der Waals surface area contributed by atoms with Gasteiger partial charge >= 0.3 is 0 Å². The predicted molar refractivity (Wildman–Crippen MR) is 119 cm³/mol. The molecule has 0 bridgehead atoms. The van der Waals surface area contributed by atoms with Gasteiger partial charge in [0.1, 0.15) is 0 Å². The lowest BCUT2D eigenvalue weighted by molar-refractivity contribution is -0.120. The Morgan fingerprint density at radius 1 is 0.833 bits per heavy atom. The number of sulfonamides is 1. The van der Waals surface area contributed by atoms with Gasteiger partial charge in [-0.25, -0.2) is 13.1 Å². The maximum Gasteiger partial charge on any atom is 0.255 e. The van der Waals surface area contributed by atoms with Gasteiger partial charge in [0.15, 0.2) is 0 Å². The molecule has 0 fully saturated rings. The third kappa shape index (κ3) is 6.40. The van der Waals surface area contributed by atoms with Crippen molar-refractivity contribution in [3.63, 3.8) is 0 Å². The van der Waals surface area contributed by atoms with E-state index in [0.29, 0.717) is 29.9 Å². The maximum absolute atomic E-state index is 12.4. The fourth-order valence-electron chi connectivity index (χ4n) is 2.85. The molecule has 0 saturated heterocycles. The second-order valence-corrected chi connectivity index (χ2v) is 8.72. The van der Waals surface area contributed by atoms with Crippen molar-refractivity contribution in [3.05, 3.63) is 54.1 Å². The van der Waals surface area contributed by atoms with Crippen LogP contribution in [0, 0.1) is 5.92 Å². The Morgan fingerprint density at radius 2 is 1.37 bits per heavy atom. The van der Waals surface area contributed by atoms with Crippen molar-refractivity contribution in [2.45, 2.75) is 44.9 Å². The molecule has 3 N–H and O–H groups in total. The summed E-state index contributed by atoms with van der Waals surface area (Å²) in [5, 5.41) is 5.60. The number of nitrogens with one attached hydrogen (secondary N) is 3. The lowest BCUT2D eigenvalue weighted by Gasteiger charge is -2.13. The minimum atomic E-state index is -3.54. The molecular formula is C22H29N3O4S. The summed E-state index contributed by atoms with van der Waals surface area (Å²) < 4.78 is 26.7. The smallest absolute Gasteiger partial charge is 0.255 e. The highest BCUT2D eigenvalue weighted by atomic mass is 32.2. The molecule has 0 atom stereocenters. The van der Waals surface area contributed by atoms with Crippen LogP contribution in [0.5, 0.6) is 0 Å². The number of hydrogen-bond acceptors (Lipinski definition) is 4. The van der Waals surface area contributed by atoms with Gasteiger partial charge < -0.3 is 10.6 Å². The predicted octanol–water partition coefficient (Wildman–Crippen LogP) is 4.00. The highest BCUT2D eigenvalue weighted by Gasteiger charge is 2.15. The SMILES string of the molecule is CCCNS(=O)(=O)c1ccc(NC(=O)c2ccc(NC(=O)C(CC)CC)cc2)cc1. The molecule has 30 heavy (non-hydrogen) atoms. The second kappa shape index (κ2) is 10.9. The van der Waals surface area contributed by atoms with E-state index in [9.17, 15) is 18.0 Å². The average Bonchev–Trinajstić information content (AvgIpc) is 2.74. The van der Waals surface area contributed by atoms with Crippen LogP contribution < -0.4 is 15.4 Å². The normalized spacial score (nSPS) is 11.3. The highest BCUT2D eigenvalue weighted by Crippen LogP contribution is 2.17. The quantitative estimate of drug-likeness (QED) is 0.529. The van der Waals surface area contributed by atoms with E-state index in [1.165, 1.54) is 12.1 Å². The van der Waals surface area contributed by atoms with Crippen LogP contribution in [0.3, 0.4) is 0 Å². The topological polar surface area (TPSA) is 104 Å². The summed E-state index contributed by atoms with van der Waals surface area (Å²) in [5.74, 6) is -0.384. The first-order valence-corrected chi connectivity index (χ1v) is 11.6. The third-order valence-electron chi connectivity index (χ3n) is 4.74. The molecule has 0 unspecified atom stereocenters. The van der Waals surface area contributed by atoms with Gasteiger partial charge in [-0.15, -0.1) is 0 Å². The van der Waals surface area contributed by atoms with Crippen molar-refractivity contribution in [2.24, 2.45) is 5.92 Å². The van der Waals surface area contributed by atoms with Crippen LogP contribution in [0.25, 0.3) is 0 Å². The van der Waals surface area contributed by atoms with E-state index in [4.69, 9.17) is 0 Å². The molecule has 0 aliphatic heterocycles. The van der Waals surface area contributed by atoms with Crippen LogP contribution in [0.2, 0.25) is 0 Å². The molecule has 0 aromatic heterocycles. The Kier molecular flexibility index (Phi) is 8.56. The first kappa shape index (κ1) is 23.6. The van der Waals surface area contributed by atoms with E-state index in [1.54, 1.807) is 36.4 Å². The molecule has 2 aromatic rings. The van der Waals surface area contributed by atoms with Crippen LogP contribution in [-0.2, 0) is 14.8 Å². The summed E-state index contributed by atoms with van der Waals surface area (Å²) in [7, 11) is -3.54. The molecular weight excluding hydrogens is 402 g/mol. The summed E-state index contributed by atoms with van der Waals surface area (Å²) in [6.07, 6.45) is 2.25. The van der Waals surface area contributed by atoms with E-state index in [2.05, 4.69) is 15.4 Å². The number of benzene rings is 2. The maximum atomic E-state index is 12.4. The number of amides is 2. The van der Waals surface area contributed by atoms with Crippen molar-refractivity contribution in [1.29, 1.82) is 0 Å². The standard InChI is InChI=1S/C22H29N3O4S/c1-4-15-23-30(28,29)20-13-11-19(12-14-20)25-22(27)17-7-9-18(10-8-17)24-21(26)16(5-2)6-3/h7-14,16,23H,4-6,15H2,1-3H3,(H,24,26)(H,25,27). The van der Waals surface area contributed by atoms with Crippen LogP contribution in [0.15, 0.2) is 53.4 Å². The molecule has 2 aromatic carbocycles. The Bertz CT molecular complexity index is 951. The zero-order valence-electron chi connectivity index (χ0n) is 17.6. The molecule has 0 spiro atoms. The van der Waals surface area contributed by atoms with Crippen molar-refractivity contribution < 1.29 is 18.0 Å². The summed E-state index contributed by atoms with van der Waals surface area (Å²) in [5.41, 5.74) is 1.55. The molecule has 2 rings (SSSR count). The molecule has 0 saturated carbocycles. The average molecular weight is 432 g/mol. The Morgan fingerprint density at radius 3 is 1.90 bits per heavy atom.